The summed E-state index contributed by atoms with van der Waals surface area (Å²) < 4.78 is 11.7. The minimum absolute atomic E-state index is 0.0325. The van der Waals surface area contributed by atoms with Gasteiger partial charge in [0, 0.05) is 23.2 Å². The molecule has 1 aromatic carbocycles. The summed E-state index contributed by atoms with van der Waals surface area (Å²) in [4.78, 5) is 11.9. The minimum atomic E-state index is -0.732. The Morgan fingerprint density at radius 2 is 1.71 bits per heavy atom. The van der Waals surface area contributed by atoms with E-state index in [2.05, 4.69) is 22.6 Å². The van der Waals surface area contributed by atoms with Crippen molar-refractivity contribution in [2.75, 3.05) is 13.2 Å². The molecule has 1 aromatic rings. The molecule has 0 fully saturated rings. The summed E-state index contributed by atoms with van der Waals surface area (Å²) in [6.07, 6.45) is -0.383. The van der Waals surface area contributed by atoms with Crippen LogP contribution in [0, 0.1) is 3.57 Å². The minimum Gasteiger partial charge on any atom is -0.346 e. The maximum Gasteiger partial charge on any atom is 0.218 e. The molecule has 0 unspecified atom stereocenters. The molecule has 0 aliphatic rings. The van der Waals surface area contributed by atoms with Gasteiger partial charge in [0.1, 0.15) is 0 Å². The summed E-state index contributed by atoms with van der Waals surface area (Å²) >= 11 is 2.24. The molecule has 17 heavy (non-hydrogen) atoms. The zero-order valence-electron chi connectivity index (χ0n) is 10.1. The average Bonchev–Trinajstić information content (AvgIpc) is 2.32. The quantitative estimate of drug-likeness (QED) is 0.562. The van der Waals surface area contributed by atoms with Gasteiger partial charge in [-0.05, 0) is 54.1 Å². The van der Waals surface area contributed by atoms with E-state index in [1.54, 1.807) is 0 Å². The van der Waals surface area contributed by atoms with Crippen molar-refractivity contribution < 1.29 is 14.3 Å². The van der Waals surface area contributed by atoms with Crippen molar-refractivity contribution in [3.05, 3.63) is 33.4 Å². The first-order chi connectivity index (χ1) is 8.17. The molecule has 0 radical (unpaired) electrons. The van der Waals surface area contributed by atoms with Gasteiger partial charge in [0.2, 0.25) is 6.29 Å². The van der Waals surface area contributed by atoms with E-state index in [0.717, 1.165) is 9.13 Å². The smallest absolute Gasteiger partial charge is 0.218 e. The van der Waals surface area contributed by atoms with E-state index in [-0.39, 0.29) is 5.78 Å². The van der Waals surface area contributed by atoms with E-state index in [0.29, 0.717) is 19.6 Å². The number of rotatable bonds is 7. The fraction of sp³-hybridized carbons (Fsp3) is 0.462. The fourth-order valence-corrected chi connectivity index (χ4v) is 1.78. The summed E-state index contributed by atoms with van der Waals surface area (Å²) in [6, 6.07) is 7.88. The third-order valence-corrected chi connectivity index (χ3v) is 2.91. The molecule has 0 saturated heterocycles. The lowest BCUT2D eigenvalue weighted by molar-refractivity contribution is -0.167. The number of ketones is 1. The van der Waals surface area contributed by atoms with Gasteiger partial charge in [-0.2, -0.15) is 0 Å². The van der Waals surface area contributed by atoms with Gasteiger partial charge in [-0.15, -0.1) is 0 Å². The third-order valence-electron chi connectivity index (χ3n) is 2.19. The Bertz CT molecular complexity index is 342. The lowest BCUT2D eigenvalue weighted by atomic mass is 10.1. The maximum atomic E-state index is 11.9. The zero-order valence-corrected chi connectivity index (χ0v) is 12.3. The second-order valence-electron chi connectivity index (χ2n) is 3.51. The third kappa shape index (κ3) is 5.14. The van der Waals surface area contributed by atoms with Gasteiger partial charge in [0.05, 0.1) is 0 Å². The molecule has 0 amide bonds. The first-order valence-corrected chi connectivity index (χ1v) is 6.75. The number of hydrogen-bond donors (Lipinski definition) is 0. The molecular formula is C13H17IO3. The van der Waals surface area contributed by atoms with Crippen LogP contribution < -0.4 is 0 Å². The van der Waals surface area contributed by atoms with Crippen LogP contribution in [0.2, 0.25) is 0 Å². The lowest BCUT2D eigenvalue weighted by Crippen LogP contribution is -2.29. The van der Waals surface area contributed by atoms with Crippen LogP contribution in [0.3, 0.4) is 0 Å². The van der Waals surface area contributed by atoms with Crippen molar-refractivity contribution in [2.45, 2.75) is 26.6 Å². The SMILES string of the molecule is CCOC(OCC)C(=O)Cc1ccc(I)cc1. The highest BCUT2D eigenvalue weighted by Crippen LogP contribution is 2.09. The van der Waals surface area contributed by atoms with Gasteiger partial charge in [-0.3, -0.25) is 4.79 Å². The molecule has 4 heteroatoms. The molecule has 0 atom stereocenters. The van der Waals surface area contributed by atoms with Gasteiger partial charge in [0.15, 0.2) is 5.78 Å². The standard InChI is InChI=1S/C13H17IO3/c1-3-16-13(17-4-2)12(15)9-10-5-7-11(14)8-6-10/h5-8,13H,3-4,9H2,1-2H3. The topological polar surface area (TPSA) is 35.5 Å². The molecule has 0 N–H and O–H groups in total. The van der Waals surface area contributed by atoms with Crippen molar-refractivity contribution in [3.63, 3.8) is 0 Å². The molecule has 0 saturated carbocycles. The van der Waals surface area contributed by atoms with Gasteiger partial charge in [0.25, 0.3) is 0 Å². The predicted octanol–water partition coefficient (Wildman–Crippen LogP) is 2.80. The number of carbonyl (C=O) groups is 1. The van der Waals surface area contributed by atoms with Gasteiger partial charge in [-0.25, -0.2) is 0 Å². The second-order valence-corrected chi connectivity index (χ2v) is 4.76. The van der Waals surface area contributed by atoms with E-state index >= 15 is 0 Å². The molecule has 1 rings (SSSR count). The Morgan fingerprint density at radius 1 is 1.18 bits per heavy atom. The first-order valence-electron chi connectivity index (χ1n) is 5.67. The molecular weight excluding hydrogens is 331 g/mol. The number of carbonyl (C=O) groups excluding carboxylic acids is 1. The Hall–Kier alpha value is -0.460. The summed E-state index contributed by atoms with van der Waals surface area (Å²) in [5, 5.41) is 0. The number of ether oxygens (including phenoxy) is 2. The highest BCUT2D eigenvalue weighted by Gasteiger charge is 2.18. The molecule has 3 nitrogen and oxygen atoms in total. The van der Waals surface area contributed by atoms with Crippen molar-refractivity contribution >= 4 is 28.4 Å². The second kappa shape index (κ2) is 7.79. The van der Waals surface area contributed by atoms with Crippen LogP contribution in [0.4, 0.5) is 0 Å². The van der Waals surface area contributed by atoms with Crippen LogP contribution >= 0.6 is 22.6 Å². The molecule has 0 bridgehead atoms. The number of benzene rings is 1. The molecule has 94 valence electrons. The van der Waals surface area contributed by atoms with Crippen LogP contribution in [-0.2, 0) is 20.7 Å². The normalized spacial score (nSPS) is 10.8. The summed E-state index contributed by atoms with van der Waals surface area (Å²) in [5.74, 6) is -0.0325. The molecule has 0 aliphatic heterocycles. The Kier molecular flexibility index (Phi) is 6.69. The first kappa shape index (κ1) is 14.6. The van der Waals surface area contributed by atoms with Crippen molar-refractivity contribution in [1.29, 1.82) is 0 Å². The van der Waals surface area contributed by atoms with Crippen LogP contribution in [0.25, 0.3) is 0 Å². The molecule has 0 heterocycles. The lowest BCUT2D eigenvalue weighted by Gasteiger charge is -2.15. The Labute approximate surface area is 116 Å². The number of Topliss-reactive ketones (excluding diaryl/α,β-unsaturated/α-hetero) is 1. The molecule has 0 aromatic heterocycles. The van der Waals surface area contributed by atoms with E-state index in [4.69, 9.17) is 9.47 Å². The van der Waals surface area contributed by atoms with Gasteiger partial charge >= 0.3 is 0 Å². The summed E-state index contributed by atoms with van der Waals surface area (Å²) in [7, 11) is 0. The highest BCUT2D eigenvalue weighted by molar-refractivity contribution is 14.1. The van der Waals surface area contributed by atoms with E-state index in [9.17, 15) is 4.79 Å². The predicted molar refractivity (Wildman–Crippen MR) is 74.9 cm³/mol. The zero-order chi connectivity index (χ0) is 12.7. The van der Waals surface area contributed by atoms with Crippen LogP contribution in [0.1, 0.15) is 19.4 Å². The summed E-state index contributed by atoms with van der Waals surface area (Å²) in [5.41, 5.74) is 0.986. The molecule has 0 spiro atoms. The van der Waals surface area contributed by atoms with Crippen LogP contribution in [-0.4, -0.2) is 25.3 Å². The largest absolute Gasteiger partial charge is 0.346 e. The molecule has 0 aliphatic carbocycles. The number of halogens is 1. The van der Waals surface area contributed by atoms with Gasteiger partial charge in [-0.1, -0.05) is 12.1 Å². The highest BCUT2D eigenvalue weighted by atomic mass is 127. The van der Waals surface area contributed by atoms with Crippen molar-refractivity contribution in [2.24, 2.45) is 0 Å². The maximum absolute atomic E-state index is 11.9. The summed E-state index contributed by atoms with van der Waals surface area (Å²) in [6.45, 7) is 4.65. The fourth-order valence-electron chi connectivity index (χ4n) is 1.42. The van der Waals surface area contributed by atoms with Crippen molar-refractivity contribution in [3.8, 4) is 0 Å². The monoisotopic (exact) mass is 348 g/mol. The van der Waals surface area contributed by atoms with E-state index in [1.807, 2.05) is 38.1 Å². The Balaban J connectivity index is 2.59. The van der Waals surface area contributed by atoms with Crippen LogP contribution in [0.5, 0.6) is 0 Å². The average molecular weight is 348 g/mol. The number of hydrogen-bond acceptors (Lipinski definition) is 3. The van der Waals surface area contributed by atoms with Crippen molar-refractivity contribution in [1.82, 2.24) is 0 Å². The Morgan fingerprint density at radius 3 is 2.18 bits per heavy atom. The van der Waals surface area contributed by atoms with E-state index in [1.165, 1.54) is 0 Å². The van der Waals surface area contributed by atoms with Crippen LogP contribution in [0.15, 0.2) is 24.3 Å². The van der Waals surface area contributed by atoms with Gasteiger partial charge < -0.3 is 9.47 Å². The van der Waals surface area contributed by atoms with E-state index < -0.39 is 6.29 Å².